The van der Waals surface area contributed by atoms with E-state index in [0.29, 0.717) is 0 Å². The molecule has 0 amide bonds. The van der Waals surface area contributed by atoms with Crippen molar-refractivity contribution in [2.75, 3.05) is 0 Å². The van der Waals surface area contributed by atoms with Crippen molar-refractivity contribution >= 4 is 0 Å². The van der Waals surface area contributed by atoms with Crippen LogP contribution in [0.4, 0.5) is 0 Å². The van der Waals surface area contributed by atoms with Crippen LogP contribution in [-0.2, 0) is 0 Å². The molecule has 1 unspecified atom stereocenters. The van der Waals surface area contributed by atoms with Crippen molar-refractivity contribution in [1.29, 1.82) is 0 Å². The molecule has 2 heterocycles. The van der Waals surface area contributed by atoms with Crippen LogP contribution in [0.15, 0.2) is 43.1 Å². The maximum atomic E-state index is 4.28. The third kappa shape index (κ3) is 3.07. The lowest BCUT2D eigenvalue weighted by Gasteiger charge is -2.19. The van der Waals surface area contributed by atoms with Crippen molar-refractivity contribution in [3.63, 3.8) is 0 Å². The predicted molar refractivity (Wildman–Crippen MR) is 66.2 cm³/mol. The smallest absolute Gasteiger partial charge is 0.0753 e. The molecule has 0 aliphatic rings. The second-order valence-corrected chi connectivity index (χ2v) is 4.03. The standard InChI is InChI=1S/C13H16N4/c1-10(12-4-3-5-14-8-12)17-11(2)13-9-15-6-7-16-13/h3-11,17H,1-2H3/t10-,11?/m0/s1. The van der Waals surface area contributed by atoms with Crippen molar-refractivity contribution < 1.29 is 0 Å². The maximum absolute atomic E-state index is 4.28. The van der Waals surface area contributed by atoms with E-state index in [1.807, 2.05) is 12.3 Å². The maximum Gasteiger partial charge on any atom is 0.0753 e. The molecule has 88 valence electrons. The topological polar surface area (TPSA) is 50.7 Å². The SMILES string of the molecule is CC(N[C@@H](C)c1cccnc1)c1cnccn1. The Balaban J connectivity index is 2.02. The van der Waals surface area contributed by atoms with E-state index in [1.165, 1.54) is 5.56 Å². The third-order valence-electron chi connectivity index (χ3n) is 2.71. The third-order valence-corrected chi connectivity index (χ3v) is 2.71. The summed E-state index contributed by atoms with van der Waals surface area (Å²) in [5.41, 5.74) is 2.12. The van der Waals surface area contributed by atoms with E-state index in [4.69, 9.17) is 0 Å². The highest BCUT2D eigenvalue weighted by Crippen LogP contribution is 2.16. The Morgan fingerprint density at radius 3 is 2.47 bits per heavy atom. The fourth-order valence-corrected chi connectivity index (χ4v) is 1.72. The zero-order valence-corrected chi connectivity index (χ0v) is 10.0. The lowest BCUT2D eigenvalue weighted by atomic mass is 10.1. The molecular weight excluding hydrogens is 212 g/mol. The molecule has 17 heavy (non-hydrogen) atoms. The number of nitrogens with zero attached hydrogens (tertiary/aromatic N) is 3. The fourth-order valence-electron chi connectivity index (χ4n) is 1.72. The van der Waals surface area contributed by atoms with Crippen molar-refractivity contribution in [2.45, 2.75) is 25.9 Å². The van der Waals surface area contributed by atoms with Crippen molar-refractivity contribution in [2.24, 2.45) is 0 Å². The average Bonchev–Trinajstić information content (AvgIpc) is 2.40. The predicted octanol–water partition coefficient (Wildman–Crippen LogP) is 2.28. The van der Waals surface area contributed by atoms with Gasteiger partial charge in [-0.05, 0) is 25.5 Å². The van der Waals surface area contributed by atoms with Gasteiger partial charge in [-0.25, -0.2) is 0 Å². The molecule has 0 radical (unpaired) electrons. The molecule has 0 aliphatic carbocycles. The van der Waals surface area contributed by atoms with E-state index in [0.717, 1.165) is 5.69 Å². The van der Waals surface area contributed by atoms with Gasteiger partial charge in [-0.2, -0.15) is 0 Å². The number of nitrogens with one attached hydrogen (secondary N) is 1. The molecular formula is C13H16N4. The van der Waals surface area contributed by atoms with E-state index in [1.54, 1.807) is 24.8 Å². The Bertz CT molecular complexity index is 400. The summed E-state index contributed by atoms with van der Waals surface area (Å²) in [5, 5.41) is 3.47. The van der Waals surface area contributed by atoms with Gasteiger partial charge >= 0.3 is 0 Å². The molecule has 1 N–H and O–H groups in total. The van der Waals surface area contributed by atoms with E-state index in [2.05, 4.69) is 40.2 Å². The van der Waals surface area contributed by atoms with Crippen LogP contribution in [0, 0.1) is 0 Å². The molecule has 2 aromatic heterocycles. The van der Waals surface area contributed by atoms with Crippen LogP contribution >= 0.6 is 0 Å². The van der Waals surface area contributed by atoms with Crippen LogP contribution in [-0.4, -0.2) is 15.0 Å². The molecule has 0 aliphatic heterocycles. The van der Waals surface area contributed by atoms with Gasteiger partial charge < -0.3 is 5.32 Å². The summed E-state index contributed by atoms with van der Waals surface area (Å²) in [6.45, 7) is 4.20. The van der Waals surface area contributed by atoms with Gasteiger partial charge in [0.05, 0.1) is 5.69 Å². The molecule has 0 saturated heterocycles. The Kier molecular flexibility index (Phi) is 3.77. The van der Waals surface area contributed by atoms with Crippen LogP contribution in [0.5, 0.6) is 0 Å². The van der Waals surface area contributed by atoms with Crippen LogP contribution in [0.1, 0.15) is 37.2 Å². The van der Waals surface area contributed by atoms with Crippen LogP contribution in [0.25, 0.3) is 0 Å². The van der Waals surface area contributed by atoms with E-state index in [9.17, 15) is 0 Å². The number of hydrogen-bond acceptors (Lipinski definition) is 4. The average molecular weight is 228 g/mol. The quantitative estimate of drug-likeness (QED) is 0.872. The molecule has 4 heteroatoms. The van der Waals surface area contributed by atoms with Gasteiger partial charge in [0.1, 0.15) is 0 Å². The minimum Gasteiger partial charge on any atom is -0.302 e. The lowest BCUT2D eigenvalue weighted by molar-refractivity contribution is 0.484. The van der Waals surface area contributed by atoms with Crippen molar-refractivity contribution in [3.8, 4) is 0 Å². The van der Waals surface area contributed by atoms with Crippen LogP contribution < -0.4 is 5.32 Å². The van der Waals surface area contributed by atoms with Crippen molar-refractivity contribution in [3.05, 3.63) is 54.4 Å². The molecule has 0 aromatic carbocycles. The molecule has 0 spiro atoms. The summed E-state index contributed by atoms with van der Waals surface area (Å²) < 4.78 is 0. The highest BCUT2D eigenvalue weighted by molar-refractivity contribution is 5.14. The van der Waals surface area contributed by atoms with Crippen LogP contribution in [0.2, 0.25) is 0 Å². The first-order chi connectivity index (χ1) is 8.27. The minimum atomic E-state index is 0.166. The molecule has 2 atom stereocenters. The van der Waals surface area contributed by atoms with Crippen LogP contribution in [0.3, 0.4) is 0 Å². The van der Waals surface area contributed by atoms with E-state index >= 15 is 0 Å². The Morgan fingerprint density at radius 1 is 1.00 bits per heavy atom. The van der Waals surface area contributed by atoms with Gasteiger partial charge in [-0.1, -0.05) is 6.07 Å². The van der Waals surface area contributed by atoms with E-state index < -0.39 is 0 Å². The van der Waals surface area contributed by atoms with Gasteiger partial charge in [0.2, 0.25) is 0 Å². The second kappa shape index (κ2) is 5.50. The second-order valence-electron chi connectivity index (χ2n) is 4.03. The summed E-state index contributed by atoms with van der Waals surface area (Å²) in [5.74, 6) is 0. The Hall–Kier alpha value is -1.81. The number of rotatable bonds is 4. The lowest BCUT2D eigenvalue weighted by Crippen LogP contribution is -2.23. The summed E-state index contributed by atoms with van der Waals surface area (Å²) in [6, 6.07) is 4.41. The van der Waals surface area contributed by atoms with Gasteiger partial charge in [0.25, 0.3) is 0 Å². The molecule has 0 bridgehead atoms. The number of hydrogen-bond donors (Lipinski definition) is 1. The van der Waals surface area contributed by atoms with Gasteiger partial charge in [-0.15, -0.1) is 0 Å². The summed E-state index contributed by atoms with van der Waals surface area (Å²) in [4.78, 5) is 12.5. The first-order valence-electron chi connectivity index (χ1n) is 5.69. The summed E-state index contributed by atoms with van der Waals surface area (Å²) in [6.07, 6.45) is 8.83. The highest BCUT2D eigenvalue weighted by atomic mass is 15.0. The molecule has 2 rings (SSSR count). The molecule has 4 nitrogen and oxygen atoms in total. The first kappa shape index (κ1) is 11.7. The fraction of sp³-hybridized carbons (Fsp3) is 0.308. The molecule has 0 fully saturated rings. The highest BCUT2D eigenvalue weighted by Gasteiger charge is 2.11. The number of pyridine rings is 1. The summed E-state index contributed by atoms with van der Waals surface area (Å²) >= 11 is 0. The monoisotopic (exact) mass is 228 g/mol. The van der Waals surface area contributed by atoms with Gasteiger partial charge in [-0.3, -0.25) is 15.0 Å². The number of aromatic nitrogens is 3. The Labute approximate surface area is 101 Å². The van der Waals surface area contributed by atoms with Gasteiger partial charge in [0, 0.05) is 43.1 Å². The molecule has 2 aromatic rings. The largest absolute Gasteiger partial charge is 0.302 e. The molecule has 0 saturated carbocycles. The minimum absolute atomic E-state index is 0.166. The normalized spacial score (nSPS) is 14.2. The Morgan fingerprint density at radius 2 is 1.82 bits per heavy atom. The zero-order valence-electron chi connectivity index (χ0n) is 10.0. The van der Waals surface area contributed by atoms with Gasteiger partial charge in [0.15, 0.2) is 0 Å². The zero-order chi connectivity index (χ0) is 12.1. The first-order valence-corrected chi connectivity index (χ1v) is 5.69. The van der Waals surface area contributed by atoms with E-state index in [-0.39, 0.29) is 12.1 Å². The summed E-state index contributed by atoms with van der Waals surface area (Å²) in [7, 11) is 0. The van der Waals surface area contributed by atoms with Crippen molar-refractivity contribution in [1.82, 2.24) is 20.3 Å².